The predicted molar refractivity (Wildman–Crippen MR) is 108 cm³/mol. The van der Waals surface area contributed by atoms with Gasteiger partial charge in [0.15, 0.2) is 0 Å². The fourth-order valence-electron chi connectivity index (χ4n) is 2.70. The monoisotopic (exact) mass is 336 g/mol. The van der Waals surface area contributed by atoms with Crippen LogP contribution in [0.25, 0.3) is 10.9 Å². The summed E-state index contributed by atoms with van der Waals surface area (Å²) in [5.74, 6) is 1.41. The Morgan fingerprint density at radius 3 is 2.48 bits per heavy atom. The highest BCUT2D eigenvalue weighted by molar-refractivity contribution is 5.81. The number of nitrogens with one attached hydrogen (secondary N) is 1. The van der Waals surface area contributed by atoms with Crippen molar-refractivity contribution in [3.63, 3.8) is 0 Å². The number of pyridine rings is 1. The van der Waals surface area contributed by atoms with Gasteiger partial charge in [0.05, 0.1) is 24.5 Å². The largest absolute Gasteiger partial charge is 0.497 e. The SMILES string of the molecule is CC.COc1ccc(C(C)CCNc2cnc3ccccc3c2)cc1. The fraction of sp³-hybridized carbons (Fsp3) is 0.318. The molecule has 3 aromatic rings. The fourth-order valence-corrected chi connectivity index (χ4v) is 2.70. The van der Waals surface area contributed by atoms with E-state index in [9.17, 15) is 0 Å². The summed E-state index contributed by atoms with van der Waals surface area (Å²) in [6, 6.07) is 18.7. The van der Waals surface area contributed by atoms with Crippen LogP contribution in [0.3, 0.4) is 0 Å². The lowest BCUT2D eigenvalue weighted by molar-refractivity contribution is 0.414. The van der Waals surface area contributed by atoms with Crippen LogP contribution in [0, 0.1) is 0 Å². The molecule has 1 atom stereocenters. The quantitative estimate of drug-likeness (QED) is 0.611. The van der Waals surface area contributed by atoms with Gasteiger partial charge in [0.1, 0.15) is 5.75 Å². The molecule has 0 radical (unpaired) electrons. The maximum atomic E-state index is 5.20. The van der Waals surface area contributed by atoms with Crippen LogP contribution >= 0.6 is 0 Å². The zero-order valence-corrected chi connectivity index (χ0v) is 15.6. The number of methoxy groups -OCH3 is 1. The van der Waals surface area contributed by atoms with E-state index in [4.69, 9.17) is 4.74 Å². The highest BCUT2D eigenvalue weighted by atomic mass is 16.5. The molecule has 0 aliphatic heterocycles. The Bertz CT molecular complexity index is 768. The lowest BCUT2D eigenvalue weighted by Gasteiger charge is -2.14. The number of hydrogen-bond donors (Lipinski definition) is 1. The third-order valence-electron chi connectivity index (χ3n) is 4.18. The molecular formula is C22H28N2O. The summed E-state index contributed by atoms with van der Waals surface area (Å²) in [5, 5.41) is 4.64. The van der Waals surface area contributed by atoms with Crippen LogP contribution < -0.4 is 10.1 Å². The minimum atomic E-state index is 0.502. The molecule has 3 nitrogen and oxygen atoms in total. The molecule has 1 unspecified atom stereocenters. The lowest BCUT2D eigenvalue weighted by atomic mass is 9.98. The van der Waals surface area contributed by atoms with Gasteiger partial charge >= 0.3 is 0 Å². The van der Waals surface area contributed by atoms with E-state index in [1.165, 1.54) is 10.9 Å². The third kappa shape index (κ3) is 5.21. The van der Waals surface area contributed by atoms with Gasteiger partial charge in [0, 0.05) is 11.9 Å². The number of rotatable bonds is 6. The van der Waals surface area contributed by atoms with Gasteiger partial charge in [-0.3, -0.25) is 4.98 Å². The third-order valence-corrected chi connectivity index (χ3v) is 4.18. The molecule has 1 aromatic heterocycles. The highest BCUT2D eigenvalue weighted by Gasteiger charge is 2.06. The van der Waals surface area contributed by atoms with Crippen molar-refractivity contribution in [2.45, 2.75) is 33.1 Å². The Morgan fingerprint density at radius 1 is 1.04 bits per heavy atom. The van der Waals surface area contributed by atoms with E-state index in [0.29, 0.717) is 5.92 Å². The number of aromatic nitrogens is 1. The number of ether oxygens (including phenoxy) is 1. The molecule has 0 amide bonds. The van der Waals surface area contributed by atoms with Gasteiger partial charge in [-0.05, 0) is 42.2 Å². The van der Waals surface area contributed by atoms with Crippen molar-refractivity contribution < 1.29 is 4.74 Å². The van der Waals surface area contributed by atoms with Crippen LogP contribution in [0.1, 0.15) is 38.7 Å². The Labute approximate surface area is 151 Å². The van der Waals surface area contributed by atoms with E-state index in [-0.39, 0.29) is 0 Å². The molecule has 2 aromatic carbocycles. The van der Waals surface area contributed by atoms with Crippen LogP contribution in [-0.4, -0.2) is 18.6 Å². The Morgan fingerprint density at radius 2 is 1.76 bits per heavy atom. The lowest BCUT2D eigenvalue weighted by Crippen LogP contribution is -2.06. The Balaban J connectivity index is 0.00000109. The van der Waals surface area contributed by atoms with E-state index < -0.39 is 0 Å². The zero-order chi connectivity index (χ0) is 18.1. The predicted octanol–water partition coefficient (Wildman–Crippen LogP) is 5.88. The molecule has 0 aliphatic carbocycles. The van der Waals surface area contributed by atoms with Gasteiger partial charge in [-0.2, -0.15) is 0 Å². The van der Waals surface area contributed by atoms with Crippen LogP contribution in [0.4, 0.5) is 5.69 Å². The molecule has 0 fully saturated rings. The van der Waals surface area contributed by atoms with Crippen LogP contribution in [0.2, 0.25) is 0 Å². The smallest absolute Gasteiger partial charge is 0.118 e. The van der Waals surface area contributed by atoms with Gasteiger partial charge in [0.2, 0.25) is 0 Å². The number of benzene rings is 2. The van der Waals surface area contributed by atoms with E-state index in [0.717, 1.165) is 29.9 Å². The Kier molecular flexibility index (Phi) is 7.27. The number of fused-ring (bicyclic) bond motifs is 1. The van der Waals surface area contributed by atoms with E-state index in [2.05, 4.69) is 41.5 Å². The van der Waals surface area contributed by atoms with Crippen LogP contribution in [-0.2, 0) is 0 Å². The molecule has 3 rings (SSSR count). The first-order valence-corrected chi connectivity index (χ1v) is 8.99. The average molecular weight is 336 g/mol. The first kappa shape index (κ1) is 18.8. The summed E-state index contributed by atoms with van der Waals surface area (Å²) in [6.07, 6.45) is 2.97. The summed E-state index contributed by atoms with van der Waals surface area (Å²) in [5.41, 5.74) is 3.44. The van der Waals surface area contributed by atoms with Gasteiger partial charge in [-0.1, -0.05) is 51.1 Å². The number of para-hydroxylation sites is 1. The summed E-state index contributed by atoms with van der Waals surface area (Å²) in [6.45, 7) is 7.18. The zero-order valence-electron chi connectivity index (χ0n) is 15.6. The second kappa shape index (κ2) is 9.67. The van der Waals surface area contributed by atoms with Crippen molar-refractivity contribution >= 4 is 16.6 Å². The molecular weight excluding hydrogens is 308 g/mol. The maximum absolute atomic E-state index is 5.20. The van der Waals surface area contributed by atoms with Crippen molar-refractivity contribution in [1.29, 1.82) is 0 Å². The molecule has 132 valence electrons. The summed E-state index contributed by atoms with van der Waals surface area (Å²) in [7, 11) is 1.69. The van der Waals surface area contributed by atoms with Gasteiger partial charge in [0.25, 0.3) is 0 Å². The van der Waals surface area contributed by atoms with Gasteiger partial charge < -0.3 is 10.1 Å². The number of hydrogen-bond acceptors (Lipinski definition) is 3. The Hall–Kier alpha value is -2.55. The molecule has 0 saturated heterocycles. The summed E-state index contributed by atoms with van der Waals surface area (Å²) >= 11 is 0. The number of anilines is 1. The van der Waals surface area contributed by atoms with Gasteiger partial charge in [-0.25, -0.2) is 0 Å². The highest BCUT2D eigenvalue weighted by Crippen LogP contribution is 2.22. The average Bonchev–Trinajstić information content (AvgIpc) is 2.69. The minimum absolute atomic E-state index is 0.502. The van der Waals surface area contributed by atoms with Crippen molar-refractivity contribution in [3.05, 3.63) is 66.4 Å². The van der Waals surface area contributed by atoms with Crippen molar-refractivity contribution in [1.82, 2.24) is 4.98 Å². The molecule has 3 heteroatoms. The molecule has 1 N–H and O–H groups in total. The van der Waals surface area contributed by atoms with Crippen molar-refractivity contribution in [3.8, 4) is 5.75 Å². The molecule has 1 heterocycles. The normalized spacial score (nSPS) is 11.4. The van der Waals surface area contributed by atoms with Gasteiger partial charge in [-0.15, -0.1) is 0 Å². The minimum Gasteiger partial charge on any atom is -0.497 e. The number of nitrogens with zero attached hydrogens (tertiary/aromatic N) is 1. The molecule has 0 spiro atoms. The molecule has 0 aliphatic rings. The first-order chi connectivity index (χ1) is 12.3. The molecule has 25 heavy (non-hydrogen) atoms. The molecule has 0 bridgehead atoms. The first-order valence-electron chi connectivity index (χ1n) is 8.99. The second-order valence-electron chi connectivity index (χ2n) is 5.81. The van der Waals surface area contributed by atoms with Crippen molar-refractivity contribution in [2.24, 2.45) is 0 Å². The topological polar surface area (TPSA) is 34.1 Å². The van der Waals surface area contributed by atoms with Crippen molar-refractivity contribution in [2.75, 3.05) is 19.0 Å². The second-order valence-corrected chi connectivity index (χ2v) is 5.81. The summed E-state index contributed by atoms with van der Waals surface area (Å²) < 4.78 is 5.20. The maximum Gasteiger partial charge on any atom is 0.118 e. The summed E-state index contributed by atoms with van der Waals surface area (Å²) in [4.78, 5) is 4.48. The van der Waals surface area contributed by atoms with Crippen LogP contribution in [0.5, 0.6) is 5.75 Å². The van der Waals surface area contributed by atoms with E-state index in [1.54, 1.807) is 7.11 Å². The van der Waals surface area contributed by atoms with E-state index >= 15 is 0 Å². The van der Waals surface area contributed by atoms with E-state index in [1.807, 2.05) is 50.4 Å². The van der Waals surface area contributed by atoms with Crippen LogP contribution in [0.15, 0.2) is 60.8 Å². The molecule has 0 saturated carbocycles. The standard InChI is InChI=1S/C20H22N2O.C2H6/c1-15(16-7-9-19(23-2)10-8-16)11-12-21-18-13-17-5-3-4-6-20(17)22-14-18;1-2/h3-10,13-15,21H,11-12H2,1-2H3;1-2H3.